The fourth-order valence-corrected chi connectivity index (χ4v) is 1.33. The molecule has 1 heterocycles. The van der Waals surface area contributed by atoms with Gasteiger partial charge in [-0.05, 0) is 0 Å². The maximum atomic E-state index is 11.4. The first kappa shape index (κ1) is 11.9. The van der Waals surface area contributed by atoms with Gasteiger partial charge in [-0.2, -0.15) is 0 Å². The van der Waals surface area contributed by atoms with Gasteiger partial charge in [0.15, 0.2) is 0 Å². The highest BCUT2D eigenvalue weighted by atomic mass is 16.5. The number of methoxy groups -OCH3 is 1. The summed E-state index contributed by atoms with van der Waals surface area (Å²) in [5.74, 6) is -0.162. The summed E-state index contributed by atoms with van der Waals surface area (Å²) in [4.78, 5) is 24.2. The van der Waals surface area contributed by atoms with Gasteiger partial charge in [-0.1, -0.05) is 0 Å². The van der Waals surface area contributed by atoms with Crippen LogP contribution < -0.4 is 10.6 Å². The van der Waals surface area contributed by atoms with Gasteiger partial charge in [0, 0.05) is 26.7 Å². The topological polar surface area (TPSA) is 70.7 Å². The van der Waals surface area contributed by atoms with Gasteiger partial charge in [0.05, 0.1) is 19.7 Å². The third kappa shape index (κ3) is 4.26. The van der Waals surface area contributed by atoms with Crippen LogP contribution in [0.25, 0.3) is 0 Å². The van der Waals surface area contributed by atoms with Gasteiger partial charge >= 0.3 is 0 Å². The highest BCUT2D eigenvalue weighted by molar-refractivity contribution is 5.86. The smallest absolute Gasteiger partial charge is 0.239 e. The molecule has 2 amide bonds. The Labute approximate surface area is 88.9 Å². The number of carbonyl (C=O) groups excluding carboxylic acids is 2. The van der Waals surface area contributed by atoms with Crippen molar-refractivity contribution in [1.29, 1.82) is 0 Å². The van der Waals surface area contributed by atoms with Gasteiger partial charge in [-0.25, -0.2) is 0 Å². The number of rotatable bonds is 5. The molecule has 1 fully saturated rings. The second-order valence-corrected chi connectivity index (χ2v) is 3.33. The molecule has 1 rings (SSSR count). The second kappa shape index (κ2) is 6.36. The molecule has 6 nitrogen and oxygen atoms in total. The molecular formula is C9H17N3O3. The molecule has 0 unspecified atom stereocenters. The number of hydrogen-bond donors (Lipinski definition) is 2. The van der Waals surface area contributed by atoms with Crippen LogP contribution in [-0.2, 0) is 14.3 Å². The third-order valence-corrected chi connectivity index (χ3v) is 2.15. The van der Waals surface area contributed by atoms with Crippen molar-refractivity contribution in [2.24, 2.45) is 0 Å². The summed E-state index contributed by atoms with van der Waals surface area (Å²) in [7, 11) is 1.58. The van der Waals surface area contributed by atoms with E-state index in [1.54, 1.807) is 12.0 Å². The predicted octanol–water partition coefficient (Wildman–Crippen LogP) is -1.82. The SMILES string of the molecule is COCCNC(=O)CN1CCNCC1=O. The Hall–Kier alpha value is -1.14. The summed E-state index contributed by atoms with van der Waals surface area (Å²) >= 11 is 0. The summed E-state index contributed by atoms with van der Waals surface area (Å²) in [6, 6.07) is 0. The monoisotopic (exact) mass is 215 g/mol. The Morgan fingerprint density at radius 3 is 3.13 bits per heavy atom. The van der Waals surface area contributed by atoms with E-state index in [0.717, 1.165) is 6.54 Å². The van der Waals surface area contributed by atoms with Crippen molar-refractivity contribution in [3.8, 4) is 0 Å². The van der Waals surface area contributed by atoms with Crippen LogP contribution >= 0.6 is 0 Å². The fraction of sp³-hybridized carbons (Fsp3) is 0.778. The summed E-state index contributed by atoms with van der Waals surface area (Å²) in [5, 5.41) is 5.62. The Bertz CT molecular complexity index is 233. The number of carbonyl (C=O) groups is 2. The molecule has 0 radical (unpaired) electrons. The summed E-state index contributed by atoms with van der Waals surface area (Å²) in [6.45, 7) is 2.78. The van der Waals surface area contributed by atoms with Crippen LogP contribution in [-0.4, -0.2) is 63.2 Å². The quantitative estimate of drug-likeness (QED) is 0.530. The lowest BCUT2D eigenvalue weighted by Crippen LogP contribution is -2.51. The third-order valence-electron chi connectivity index (χ3n) is 2.15. The standard InChI is InChI=1S/C9H17N3O3/c1-15-5-3-11-8(13)7-12-4-2-10-6-9(12)14/h10H,2-7H2,1H3,(H,11,13). The lowest BCUT2D eigenvalue weighted by molar-refractivity contribution is -0.136. The number of ether oxygens (including phenoxy) is 1. The fourth-order valence-electron chi connectivity index (χ4n) is 1.33. The van der Waals surface area contributed by atoms with E-state index in [1.807, 2.05) is 0 Å². The lowest BCUT2D eigenvalue weighted by Gasteiger charge is -2.26. The molecule has 0 aromatic heterocycles. The molecule has 0 spiro atoms. The molecule has 0 saturated carbocycles. The normalized spacial score (nSPS) is 16.6. The highest BCUT2D eigenvalue weighted by Gasteiger charge is 2.19. The van der Waals surface area contributed by atoms with Crippen LogP contribution in [0.4, 0.5) is 0 Å². The molecule has 15 heavy (non-hydrogen) atoms. The number of piperazine rings is 1. The summed E-state index contributed by atoms with van der Waals surface area (Å²) < 4.78 is 4.80. The molecule has 1 aliphatic heterocycles. The van der Waals surface area contributed by atoms with Crippen LogP contribution in [0.15, 0.2) is 0 Å². The molecule has 1 saturated heterocycles. The van der Waals surface area contributed by atoms with Gasteiger partial charge in [0.1, 0.15) is 0 Å². The number of hydrogen-bond acceptors (Lipinski definition) is 4. The van der Waals surface area contributed by atoms with Crippen LogP contribution in [0.1, 0.15) is 0 Å². The second-order valence-electron chi connectivity index (χ2n) is 3.33. The minimum absolute atomic E-state index is 0.0249. The van der Waals surface area contributed by atoms with E-state index >= 15 is 0 Å². The van der Waals surface area contributed by atoms with Crippen molar-refractivity contribution in [1.82, 2.24) is 15.5 Å². The Kier molecular flexibility index (Phi) is 5.06. The average molecular weight is 215 g/mol. The van der Waals surface area contributed by atoms with E-state index in [9.17, 15) is 9.59 Å². The first-order valence-electron chi connectivity index (χ1n) is 4.98. The van der Waals surface area contributed by atoms with Crippen molar-refractivity contribution in [3.63, 3.8) is 0 Å². The van der Waals surface area contributed by atoms with Crippen molar-refractivity contribution in [2.75, 3.05) is 46.4 Å². The first-order chi connectivity index (χ1) is 7.24. The Morgan fingerprint density at radius 2 is 2.47 bits per heavy atom. The molecule has 0 aromatic carbocycles. The van der Waals surface area contributed by atoms with Gasteiger partial charge in [-0.3, -0.25) is 9.59 Å². The molecule has 0 bridgehead atoms. The minimum Gasteiger partial charge on any atom is -0.383 e. The van der Waals surface area contributed by atoms with Crippen LogP contribution in [0.2, 0.25) is 0 Å². The summed E-state index contributed by atoms with van der Waals surface area (Å²) in [6.07, 6.45) is 0. The molecule has 1 aliphatic rings. The zero-order chi connectivity index (χ0) is 11.1. The van der Waals surface area contributed by atoms with E-state index in [-0.39, 0.29) is 18.4 Å². The maximum Gasteiger partial charge on any atom is 0.239 e. The van der Waals surface area contributed by atoms with E-state index in [4.69, 9.17) is 4.74 Å². The van der Waals surface area contributed by atoms with Crippen LogP contribution in [0, 0.1) is 0 Å². The highest BCUT2D eigenvalue weighted by Crippen LogP contribution is 1.93. The summed E-state index contributed by atoms with van der Waals surface area (Å²) in [5.41, 5.74) is 0. The molecule has 0 aliphatic carbocycles. The molecule has 0 atom stereocenters. The Balaban J connectivity index is 2.21. The minimum atomic E-state index is -0.137. The lowest BCUT2D eigenvalue weighted by atomic mass is 10.3. The van der Waals surface area contributed by atoms with E-state index in [0.29, 0.717) is 26.2 Å². The Morgan fingerprint density at radius 1 is 1.67 bits per heavy atom. The van der Waals surface area contributed by atoms with Gasteiger partial charge < -0.3 is 20.3 Å². The van der Waals surface area contributed by atoms with E-state index in [2.05, 4.69) is 10.6 Å². The molecule has 0 aromatic rings. The molecule has 6 heteroatoms. The van der Waals surface area contributed by atoms with Crippen LogP contribution in [0.5, 0.6) is 0 Å². The maximum absolute atomic E-state index is 11.4. The van der Waals surface area contributed by atoms with Crippen molar-refractivity contribution in [3.05, 3.63) is 0 Å². The number of nitrogens with zero attached hydrogens (tertiary/aromatic N) is 1. The van der Waals surface area contributed by atoms with Gasteiger partial charge in [-0.15, -0.1) is 0 Å². The van der Waals surface area contributed by atoms with Crippen molar-refractivity contribution < 1.29 is 14.3 Å². The molecule has 2 N–H and O–H groups in total. The van der Waals surface area contributed by atoms with Crippen molar-refractivity contribution >= 4 is 11.8 Å². The van der Waals surface area contributed by atoms with Gasteiger partial charge in [0.25, 0.3) is 0 Å². The molecular weight excluding hydrogens is 198 g/mol. The average Bonchev–Trinajstić information content (AvgIpc) is 2.22. The van der Waals surface area contributed by atoms with Crippen molar-refractivity contribution in [2.45, 2.75) is 0 Å². The number of amides is 2. The van der Waals surface area contributed by atoms with E-state index in [1.165, 1.54) is 0 Å². The zero-order valence-corrected chi connectivity index (χ0v) is 8.91. The molecule has 86 valence electrons. The number of nitrogens with one attached hydrogen (secondary N) is 2. The zero-order valence-electron chi connectivity index (χ0n) is 8.91. The van der Waals surface area contributed by atoms with E-state index < -0.39 is 0 Å². The van der Waals surface area contributed by atoms with Crippen LogP contribution in [0.3, 0.4) is 0 Å². The first-order valence-corrected chi connectivity index (χ1v) is 4.98. The largest absolute Gasteiger partial charge is 0.383 e. The van der Waals surface area contributed by atoms with Gasteiger partial charge in [0.2, 0.25) is 11.8 Å². The predicted molar refractivity (Wildman–Crippen MR) is 54.3 cm³/mol.